The third-order valence-electron chi connectivity index (χ3n) is 2.49. The summed E-state index contributed by atoms with van der Waals surface area (Å²) in [6.07, 6.45) is 0. The van der Waals surface area contributed by atoms with Gasteiger partial charge in [0.15, 0.2) is 0 Å². The second-order valence-electron chi connectivity index (χ2n) is 3.58. The normalized spacial score (nSPS) is 18.1. The third kappa shape index (κ3) is 2.59. The number of nitrogens with one attached hydrogen (secondary N) is 2. The van der Waals surface area contributed by atoms with Gasteiger partial charge in [-0.1, -0.05) is 12.1 Å². The first-order valence-corrected chi connectivity index (χ1v) is 6.37. The maximum Gasteiger partial charge on any atom is 0.286 e. The molecule has 0 saturated heterocycles. The Morgan fingerprint density at radius 2 is 2.00 bits per heavy atom. The molecule has 0 amide bonds. The van der Waals surface area contributed by atoms with E-state index in [4.69, 9.17) is 0 Å². The van der Waals surface area contributed by atoms with Crippen molar-refractivity contribution >= 4 is 34.0 Å². The fourth-order valence-corrected chi connectivity index (χ4v) is 2.67. The molecule has 2 N–H and O–H groups in total. The number of nitrogens with zero attached hydrogens (tertiary/aromatic N) is 1. The van der Waals surface area contributed by atoms with Gasteiger partial charge in [0.1, 0.15) is 10.7 Å². The molecular weight excluding hydrogens is 262 g/mol. The molecule has 1 aromatic rings. The Kier molecular flexibility index (Phi) is 4.13. The van der Waals surface area contributed by atoms with Crippen molar-refractivity contribution in [2.24, 2.45) is 4.40 Å². The standard InChI is InChI=1S/C10H13N3O2S.ClH/c1-7(11-2)10-12-8-5-3-4-6-9(8)16(14,15)13-10;/h3-7,11H,1-2H3,(H,12,13);1H. The van der Waals surface area contributed by atoms with Crippen LogP contribution in [-0.4, -0.2) is 27.3 Å². The van der Waals surface area contributed by atoms with Gasteiger partial charge in [-0.2, -0.15) is 8.42 Å². The van der Waals surface area contributed by atoms with Crippen molar-refractivity contribution in [3.8, 4) is 0 Å². The van der Waals surface area contributed by atoms with Crippen LogP contribution in [-0.2, 0) is 10.0 Å². The number of likely N-dealkylation sites (N-methyl/N-ethyl adjacent to an activating group) is 1. The van der Waals surface area contributed by atoms with E-state index >= 15 is 0 Å². The van der Waals surface area contributed by atoms with Gasteiger partial charge in [-0.15, -0.1) is 16.8 Å². The Morgan fingerprint density at radius 3 is 2.65 bits per heavy atom. The number of amidine groups is 1. The lowest BCUT2D eigenvalue weighted by atomic mass is 10.2. The second-order valence-corrected chi connectivity index (χ2v) is 5.16. The molecule has 1 aliphatic heterocycles. The summed E-state index contributed by atoms with van der Waals surface area (Å²) in [7, 11) is -1.81. The Hall–Kier alpha value is -1.11. The Labute approximate surface area is 107 Å². The highest BCUT2D eigenvalue weighted by Gasteiger charge is 2.25. The van der Waals surface area contributed by atoms with E-state index in [1.807, 2.05) is 6.92 Å². The average molecular weight is 276 g/mol. The zero-order valence-electron chi connectivity index (χ0n) is 9.47. The van der Waals surface area contributed by atoms with Gasteiger partial charge in [0.05, 0.1) is 11.7 Å². The molecule has 0 aromatic heterocycles. The molecule has 0 spiro atoms. The van der Waals surface area contributed by atoms with Gasteiger partial charge < -0.3 is 10.6 Å². The van der Waals surface area contributed by atoms with Crippen molar-refractivity contribution in [1.82, 2.24) is 5.32 Å². The predicted octanol–water partition coefficient (Wildman–Crippen LogP) is 1.23. The molecule has 2 rings (SSSR count). The number of hydrogen-bond acceptors (Lipinski definition) is 4. The van der Waals surface area contributed by atoms with Crippen molar-refractivity contribution in [3.63, 3.8) is 0 Å². The van der Waals surface area contributed by atoms with Crippen molar-refractivity contribution in [2.75, 3.05) is 12.4 Å². The van der Waals surface area contributed by atoms with Crippen LogP contribution in [0.25, 0.3) is 0 Å². The van der Waals surface area contributed by atoms with Gasteiger partial charge in [-0.3, -0.25) is 0 Å². The van der Waals surface area contributed by atoms with Crippen LogP contribution in [0, 0.1) is 0 Å². The van der Waals surface area contributed by atoms with E-state index in [2.05, 4.69) is 15.0 Å². The van der Waals surface area contributed by atoms with E-state index in [0.717, 1.165) is 0 Å². The van der Waals surface area contributed by atoms with E-state index in [-0.39, 0.29) is 23.3 Å². The van der Waals surface area contributed by atoms with Gasteiger partial charge in [0.2, 0.25) is 0 Å². The van der Waals surface area contributed by atoms with E-state index in [1.165, 1.54) is 0 Å². The molecule has 94 valence electrons. The molecule has 17 heavy (non-hydrogen) atoms. The fourth-order valence-electron chi connectivity index (χ4n) is 1.46. The van der Waals surface area contributed by atoms with Gasteiger partial charge in [-0.25, -0.2) is 0 Å². The molecule has 0 radical (unpaired) electrons. The molecule has 5 nitrogen and oxygen atoms in total. The van der Waals surface area contributed by atoms with Crippen molar-refractivity contribution < 1.29 is 8.42 Å². The molecular formula is C10H14ClN3O2S. The van der Waals surface area contributed by atoms with Crippen molar-refractivity contribution in [3.05, 3.63) is 24.3 Å². The van der Waals surface area contributed by atoms with Gasteiger partial charge >= 0.3 is 0 Å². The largest absolute Gasteiger partial charge is 0.341 e. The van der Waals surface area contributed by atoms with Crippen LogP contribution in [0.3, 0.4) is 0 Å². The van der Waals surface area contributed by atoms with Crippen LogP contribution >= 0.6 is 12.4 Å². The molecule has 7 heteroatoms. The lowest BCUT2D eigenvalue weighted by Gasteiger charge is -2.21. The summed E-state index contributed by atoms with van der Waals surface area (Å²) in [4.78, 5) is 0.224. The van der Waals surface area contributed by atoms with Crippen LogP contribution in [0.15, 0.2) is 33.6 Å². The van der Waals surface area contributed by atoms with E-state index in [9.17, 15) is 8.42 Å². The lowest BCUT2D eigenvalue weighted by Crippen LogP contribution is -2.38. The highest BCUT2D eigenvalue weighted by atomic mass is 35.5. The zero-order valence-corrected chi connectivity index (χ0v) is 11.1. The van der Waals surface area contributed by atoms with Crippen LogP contribution < -0.4 is 10.6 Å². The first-order valence-electron chi connectivity index (χ1n) is 4.93. The lowest BCUT2D eigenvalue weighted by molar-refractivity contribution is 0.597. The number of sulfonamides is 1. The summed E-state index contributed by atoms with van der Waals surface area (Å²) >= 11 is 0. The maximum absolute atomic E-state index is 11.8. The van der Waals surface area contributed by atoms with Crippen LogP contribution in [0.4, 0.5) is 5.69 Å². The highest BCUT2D eigenvalue weighted by Crippen LogP contribution is 2.26. The first-order chi connectivity index (χ1) is 7.54. The smallest absolute Gasteiger partial charge is 0.286 e. The molecule has 1 aliphatic rings. The minimum absolute atomic E-state index is 0. The van der Waals surface area contributed by atoms with E-state index in [0.29, 0.717) is 11.5 Å². The number of para-hydroxylation sites is 1. The Morgan fingerprint density at radius 1 is 1.35 bits per heavy atom. The average Bonchev–Trinajstić information content (AvgIpc) is 2.27. The monoisotopic (exact) mass is 275 g/mol. The summed E-state index contributed by atoms with van der Waals surface area (Å²) in [6.45, 7) is 1.84. The van der Waals surface area contributed by atoms with Crippen LogP contribution in [0.2, 0.25) is 0 Å². The number of anilines is 1. The number of halogens is 1. The molecule has 1 heterocycles. The van der Waals surface area contributed by atoms with Crippen LogP contribution in [0.1, 0.15) is 6.92 Å². The predicted molar refractivity (Wildman–Crippen MR) is 70.5 cm³/mol. The van der Waals surface area contributed by atoms with Crippen molar-refractivity contribution in [1.29, 1.82) is 0 Å². The molecule has 0 saturated carbocycles. The first kappa shape index (κ1) is 14.0. The fraction of sp³-hybridized carbons (Fsp3) is 0.300. The third-order valence-corrected chi connectivity index (χ3v) is 3.84. The number of rotatable bonds is 2. The van der Waals surface area contributed by atoms with E-state index < -0.39 is 10.0 Å². The summed E-state index contributed by atoms with van der Waals surface area (Å²) < 4.78 is 27.4. The maximum atomic E-state index is 11.8. The molecule has 0 bridgehead atoms. The second kappa shape index (κ2) is 5.03. The summed E-state index contributed by atoms with van der Waals surface area (Å²) in [5, 5.41) is 5.96. The quantitative estimate of drug-likeness (QED) is 0.852. The van der Waals surface area contributed by atoms with Crippen molar-refractivity contribution in [2.45, 2.75) is 17.9 Å². The Bertz CT molecular complexity index is 542. The Balaban J connectivity index is 0.00000144. The van der Waals surface area contributed by atoms with Gasteiger partial charge in [0.25, 0.3) is 10.0 Å². The number of hydrogen-bond donors (Lipinski definition) is 2. The minimum Gasteiger partial charge on any atom is -0.341 e. The summed E-state index contributed by atoms with van der Waals surface area (Å²) in [6, 6.07) is 6.60. The number of fused-ring (bicyclic) bond motifs is 1. The van der Waals surface area contributed by atoms with E-state index in [1.54, 1.807) is 31.3 Å². The van der Waals surface area contributed by atoms with Gasteiger partial charge in [0, 0.05) is 0 Å². The SMILES string of the molecule is CNC(C)C1=NS(=O)(=O)c2ccccc2N1.Cl. The number of benzene rings is 1. The zero-order chi connectivity index (χ0) is 11.8. The minimum atomic E-state index is -3.56. The highest BCUT2D eigenvalue weighted by molar-refractivity contribution is 7.90. The topological polar surface area (TPSA) is 70.6 Å². The summed E-state index contributed by atoms with van der Waals surface area (Å²) in [5.74, 6) is 0.418. The molecule has 1 unspecified atom stereocenters. The van der Waals surface area contributed by atoms with Crippen LogP contribution in [0.5, 0.6) is 0 Å². The molecule has 1 aromatic carbocycles. The molecule has 0 aliphatic carbocycles. The molecule has 1 atom stereocenters. The molecule has 0 fully saturated rings. The van der Waals surface area contributed by atoms with Gasteiger partial charge in [-0.05, 0) is 26.1 Å². The summed E-state index contributed by atoms with van der Waals surface area (Å²) in [5.41, 5.74) is 0.578.